The highest BCUT2D eigenvalue weighted by Crippen LogP contribution is 2.08. The Hall–Kier alpha value is -1.26. The van der Waals surface area contributed by atoms with Crippen LogP contribution in [-0.4, -0.2) is 25.5 Å². The Morgan fingerprint density at radius 3 is 2.50 bits per heavy atom. The van der Waals surface area contributed by atoms with Gasteiger partial charge in [-0.2, -0.15) is 0 Å². The number of hydrogen-bond acceptors (Lipinski definition) is 5. The van der Waals surface area contributed by atoms with E-state index in [1.165, 1.54) is 0 Å². The van der Waals surface area contributed by atoms with Crippen molar-refractivity contribution in [1.82, 2.24) is 0 Å². The molecule has 0 saturated heterocycles. The standard InChI is InChI=1S/C9H16O5/c1-4-5-12-9(11)14-8(7(2)3)13-6-10/h6-8H,4-5H2,1-3H3. The van der Waals surface area contributed by atoms with Gasteiger partial charge in [-0.25, -0.2) is 4.79 Å². The predicted octanol–water partition coefficient (Wildman–Crippen LogP) is 1.70. The Labute approximate surface area is 83.3 Å². The highest BCUT2D eigenvalue weighted by Gasteiger charge is 2.19. The number of rotatable bonds is 6. The van der Waals surface area contributed by atoms with Crippen LogP contribution >= 0.6 is 0 Å². The summed E-state index contributed by atoms with van der Waals surface area (Å²) in [7, 11) is 0. The lowest BCUT2D eigenvalue weighted by Crippen LogP contribution is -2.26. The van der Waals surface area contributed by atoms with Crippen molar-refractivity contribution in [2.24, 2.45) is 5.92 Å². The Morgan fingerprint density at radius 1 is 1.43 bits per heavy atom. The first-order valence-electron chi connectivity index (χ1n) is 4.54. The molecule has 0 aromatic carbocycles. The molecule has 0 aromatic heterocycles. The van der Waals surface area contributed by atoms with Gasteiger partial charge < -0.3 is 14.2 Å². The van der Waals surface area contributed by atoms with Crippen molar-refractivity contribution in [3.05, 3.63) is 0 Å². The summed E-state index contributed by atoms with van der Waals surface area (Å²) in [5, 5.41) is 0. The Bertz CT molecular complexity index is 178. The maximum absolute atomic E-state index is 11.0. The fraction of sp³-hybridized carbons (Fsp3) is 0.778. The van der Waals surface area contributed by atoms with Crippen LogP contribution in [0.15, 0.2) is 0 Å². The lowest BCUT2D eigenvalue weighted by atomic mass is 10.2. The van der Waals surface area contributed by atoms with Gasteiger partial charge in [0.1, 0.15) is 0 Å². The fourth-order valence-corrected chi connectivity index (χ4v) is 0.690. The van der Waals surface area contributed by atoms with Gasteiger partial charge in [0.15, 0.2) is 0 Å². The normalized spacial score (nSPS) is 12.0. The van der Waals surface area contributed by atoms with Crippen molar-refractivity contribution >= 4 is 12.6 Å². The molecule has 1 unspecified atom stereocenters. The second-order valence-electron chi connectivity index (χ2n) is 3.06. The minimum absolute atomic E-state index is 0.102. The van der Waals surface area contributed by atoms with Crippen molar-refractivity contribution < 1.29 is 23.8 Å². The van der Waals surface area contributed by atoms with Gasteiger partial charge in [-0.05, 0) is 6.42 Å². The average molecular weight is 204 g/mol. The second-order valence-corrected chi connectivity index (χ2v) is 3.06. The van der Waals surface area contributed by atoms with Crippen LogP contribution in [0.1, 0.15) is 27.2 Å². The van der Waals surface area contributed by atoms with Gasteiger partial charge in [0.2, 0.25) is 0 Å². The van der Waals surface area contributed by atoms with E-state index in [0.717, 1.165) is 6.42 Å². The lowest BCUT2D eigenvalue weighted by Gasteiger charge is -2.18. The zero-order chi connectivity index (χ0) is 11.0. The van der Waals surface area contributed by atoms with Gasteiger partial charge in [0.05, 0.1) is 6.61 Å². The van der Waals surface area contributed by atoms with Gasteiger partial charge in [0, 0.05) is 5.92 Å². The SMILES string of the molecule is CCCOC(=O)OC(OC=O)C(C)C. The molecule has 14 heavy (non-hydrogen) atoms. The summed E-state index contributed by atoms with van der Waals surface area (Å²) < 4.78 is 14.0. The van der Waals surface area contributed by atoms with Crippen molar-refractivity contribution in [1.29, 1.82) is 0 Å². The van der Waals surface area contributed by atoms with Gasteiger partial charge in [-0.1, -0.05) is 20.8 Å². The first-order valence-corrected chi connectivity index (χ1v) is 4.54. The van der Waals surface area contributed by atoms with E-state index in [9.17, 15) is 9.59 Å². The number of carbonyl (C=O) groups excluding carboxylic acids is 2. The molecule has 82 valence electrons. The van der Waals surface area contributed by atoms with Crippen LogP contribution in [-0.2, 0) is 19.0 Å². The molecule has 0 amide bonds. The van der Waals surface area contributed by atoms with Crippen LogP contribution in [0, 0.1) is 5.92 Å². The van der Waals surface area contributed by atoms with Gasteiger partial charge in [-0.15, -0.1) is 0 Å². The van der Waals surface area contributed by atoms with E-state index in [4.69, 9.17) is 4.74 Å². The number of carbonyl (C=O) groups is 2. The highest BCUT2D eigenvalue weighted by molar-refractivity contribution is 5.60. The Kier molecular flexibility index (Phi) is 6.53. The van der Waals surface area contributed by atoms with E-state index < -0.39 is 12.4 Å². The minimum atomic E-state index is -0.878. The van der Waals surface area contributed by atoms with Crippen LogP contribution in [0.5, 0.6) is 0 Å². The lowest BCUT2D eigenvalue weighted by molar-refractivity contribution is -0.164. The summed E-state index contributed by atoms with van der Waals surface area (Å²) in [6.45, 7) is 5.94. The number of hydrogen-bond donors (Lipinski definition) is 0. The molecule has 1 atom stereocenters. The zero-order valence-corrected chi connectivity index (χ0v) is 8.69. The predicted molar refractivity (Wildman–Crippen MR) is 48.5 cm³/mol. The van der Waals surface area contributed by atoms with Crippen LogP contribution in [0.2, 0.25) is 0 Å². The third kappa shape index (κ3) is 5.40. The second kappa shape index (κ2) is 7.17. The Balaban J connectivity index is 3.89. The third-order valence-electron chi connectivity index (χ3n) is 1.37. The number of ether oxygens (including phenoxy) is 3. The minimum Gasteiger partial charge on any atom is -0.434 e. The smallest absolute Gasteiger partial charge is 0.434 e. The molecule has 0 aliphatic carbocycles. The molecule has 0 N–H and O–H groups in total. The van der Waals surface area contributed by atoms with Crippen LogP contribution < -0.4 is 0 Å². The van der Waals surface area contributed by atoms with E-state index >= 15 is 0 Å². The van der Waals surface area contributed by atoms with Crippen molar-refractivity contribution in [3.63, 3.8) is 0 Å². The maximum atomic E-state index is 11.0. The molecular weight excluding hydrogens is 188 g/mol. The molecule has 0 heterocycles. The van der Waals surface area contributed by atoms with E-state index in [1.54, 1.807) is 13.8 Å². The van der Waals surface area contributed by atoms with Crippen LogP contribution in [0.25, 0.3) is 0 Å². The van der Waals surface area contributed by atoms with Crippen LogP contribution in [0.4, 0.5) is 4.79 Å². The molecule has 0 radical (unpaired) electrons. The molecule has 5 nitrogen and oxygen atoms in total. The molecule has 0 saturated carbocycles. The fourth-order valence-electron chi connectivity index (χ4n) is 0.690. The molecule has 0 aliphatic heterocycles. The topological polar surface area (TPSA) is 61.8 Å². The van der Waals surface area contributed by atoms with Crippen LogP contribution in [0.3, 0.4) is 0 Å². The summed E-state index contributed by atoms with van der Waals surface area (Å²) >= 11 is 0. The maximum Gasteiger partial charge on any atom is 0.511 e. The summed E-state index contributed by atoms with van der Waals surface area (Å²) in [6, 6.07) is 0. The molecule has 0 bridgehead atoms. The summed E-state index contributed by atoms with van der Waals surface area (Å²) in [5.74, 6) is -0.102. The molecular formula is C9H16O5. The average Bonchev–Trinajstić information content (AvgIpc) is 2.14. The quantitative estimate of drug-likeness (QED) is 0.374. The highest BCUT2D eigenvalue weighted by atomic mass is 16.8. The van der Waals surface area contributed by atoms with Crippen molar-refractivity contribution in [3.8, 4) is 0 Å². The molecule has 0 spiro atoms. The van der Waals surface area contributed by atoms with E-state index in [1.807, 2.05) is 6.92 Å². The largest absolute Gasteiger partial charge is 0.511 e. The summed E-state index contributed by atoms with van der Waals surface area (Å²) in [5.41, 5.74) is 0. The summed E-state index contributed by atoms with van der Waals surface area (Å²) in [6.07, 6.45) is -0.972. The zero-order valence-electron chi connectivity index (χ0n) is 8.69. The first-order chi connectivity index (χ1) is 6.61. The van der Waals surface area contributed by atoms with Gasteiger partial charge in [-0.3, -0.25) is 4.79 Å². The van der Waals surface area contributed by atoms with Gasteiger partial charge in [0.25, 0.3) is 12.8 Å². The summed E-state index contributed by atoms with van der Waals surface area (Å²) in [4.78, 5) is 21.0. The van der Waals surface area contributed by atoms with E-state index in [2.05, 4.69) is 9.47 Å². The first kappa shape index (κ1) is 12.7. The molecule has 0 fully saturated rings. The molecule has 0 aliphatic rings. The van der Waals surface area contributed by atoms with Gasteiger partial charge >= 0.3 is 6.16 Å². The molecule has 0 aromatic rings. The molecule has 5 heteroatoms. The monoisotopic (exact) mass is 204 g/mol. The molecule has 0 rings (SSSR count). The van der Waals surface area contributed by atoms with Crippen molar-refractivity contribution in [2.75, 3.05) is 6.61 Å². The third-order valence-corrected chi connectivity index (χ3v) is 1.37. The van der Waals surface area contributed by atoms with E-state index in [-0.39, 0.29) is 12.4 Å². The Morgan fingerprint density at radius 2 is 2.07 bits per heavy atom. The van der Waals surface area contributed by atoms with Crippen molar-refractivity contribution in [2.45, 2.75) is 33.5 Å². The van der Waals surface area contributed by atoms with E-state index in [0.29, 0.717) is 6.61 Å².